The van der Waals surface area contributed by atoms with Crippen molar-refractivity contribution in [3.8, 4) is 0 Å². The van der Waals surface area contributed by atoms with E-state index >= 15 is 0 Å². The Morgan fingerprint density at radius 3 is 2.81 bits per heavy atom. The van der Waals surface area contributed by atoms with E-state index in [4.69, 9.17) is 4.74 Å². The lowest BCUT2D eigenvalue weighted by Gasteiger charge is -2.37. The molecule has 0 spiro atoms. The molecule has 1 saturated heterocycles. The predicted molar refractivity (Wildman–Crippen MR) is 60.6 cm³/mol. The fraction of sp³-hybridized carbons (Fsp3) is 0.667. The number of aryl methyl sites for hydroxylation is 1. The van der Waals surface area contributed by atoms with Crippen molar-refractivity contribution in [2.24, 2.45) is 0 Å². The number of hydrogen-bond donors (Lipinski definition) is 0. The minimum atomic E-state index is -0.240. The molecule has 1 unspecified atom stereocenters. The van der Waals surface area contributed by atoms with Crippen molar-refractivity contribution in [3.05, 3.63) is 5.01 Å². The van der Waals surface area contributed by atoms with Crippen LogP contribution < -0.4 is 4.90 Å². The van der Waals surface area contributed by atoms with Gasteiger partial charge in [-0.3, -0.25) is 0 Å². The van der Waals surface area contributed by atoms with Crippen LogP contribution in [0.5, 0.6) is 0 Å². The summed E-state index contributed by atoms with van der Waals surface area (Å²) in [4.78, 5) is 15.2. The second kappa shape index (κ2) is 4.34. The lowest BCUT2D eigenvalue weighted by Crippen LogP contribution is -2.54. The van der Waals surface area contributed by atoms with E-state index in [-0.39, 0.29) is 12.3 Å². The van der Waals surface area contributed by atoms with Gasteiger partial charge in [-0.2, -0.15) is 0 Å². The smallest absolute Gasteiger partial charge is 0.328 e. The lowest BCUT2D eigenvalue weighted by atomic mass is 10.3. The van der Waals surface area contributed by atoms with Gasteiger partial charge in [0.15, 0.2) is 0 Å². The highest BCUT2D eigenvalue weighted by molar-refractivity contribution is 7.15. The van der Waals surface area contributed by atoms with Gasteiger partial charge in [-0.05, 0) is 6.92 Å². The van der Waals surface area contributed by atoms with Crippen molar-refractivity contribution in [1.82, 2.24) is 15.1 Å². The zero-order valence-corrected chi connectivity index (χ0v) is 10.3. The number of urea groups is 1. The monoisotopic (exact) mass is 242 g/mol. The van der Waals surface area contributed by atoms with E-state index in [1.807, 2.05) is 6.92 Å². The van der Waals surface area contributed by atoms with Crippen LogP contribution in [0.15, 0.2) is 0 Å². The van der Waals surface area contributed by atoms with Crippen LogP contribution in [0.25, 0.3) is 0 Å². The second-order valence-electron chi connectivity index (χ2n) is 3.66. The maximum Gasteiger partial charge on any atom is 0.328 e. The molecule has 0 bridgehead atoms. The van der Waals surface area contributed by atoms with Crippen LogP contribution in [-0.4, -0.2) is 48.1 Å². The number of nitrogens with zero attached hydrogens (tertiary/aromatic N) is 4. The van der Waals surface area contributed by atoms with Crippen molar-refractivity contribution >= 4 is 22.5 Å². The first-order valence-corrected chi connectivity index (χ1v) is 5.82. The molecule has 1 aromatic rings. The predicted octanol–water partition coefficient (Wildman–Crippen LogP) is 1.08. The molecule has 2 rings (SSSR count). The Kier molecular flexibility index (Phi) is 3.06. The molecule has 1 aliphatic rings. The summed E-state index contributed by atoms with van der Waals surface area (Å²) in [6, 6.07) is -0.0887. The molecule has 0 radical (unpaired) electrons. The Bertz CT molecular complexity index is 395. The molecule has 6 nitrogen and oxygen atoms in total. The Balaban J connectivity index is 2.30. The summed E-state index contributed by atoms with van der Waals surface area (Å²) in [7, 11) is 3.37. The van der Waals surface area contributed by atoms with E-state index in [0.29, 0.717) is 11.7 Å². The number of carbonyl (C=O) groups excluding carboxylic acids is 1. The average molecular weight is 242 g/mol. The standard InChI is InChI=1S/C9H14N4O2S/c1-6-10-11-8(16-6)13-7(15-3)4-5-12(2)9(13)14/h7H,4-5H2,1-3H3. The topological polar surface area (TPSA) is 58.6 Å². The van der Waals surface area contributed by atoms with Crippen molar-refractivity contribution in [2.75, 3.05) is 25.6 Å². The van der Waals surface area contributed by atoms with Gasteiger partial charge in [-0.1, -0.05) is 11.3 Å². The molecule has 0 aromatic carbocycles. The second-order valence-corrected chi connectivity index (χ2v) is 4.82. The van der Waals surface area contributed by atoms with Crippen LogP contribution >= 0.6 is 11.3 Å². The van der Waals surface area contributed by atoms with E-state index in [1.165, 1.54) is 11.3 Å². The molecule has 2 amide bonds. The quantitative estimate of drug-likeness (QED) is 0.778. The molecular formula is C9H14N4O2S. The third-order valence-electron chi connectivity index (χ3n) is 2.53. The third kappa shape index (κ3) is 1.88. The first kappa shape index (κ1) is 11.3. The number of rotatable bonds is 2. The summed E-state index contributed by atoms with van der Waals surface area (Å²) in [5.74, 6) is 0. The largest absolute Gasteiger partial charge is 0.361 e. The molecule has 0 N–H and O–H groups in total. The number of anilines is 1. The number of carbonyl (C=O) groups is 1. The molecule has 0 saturated carbocycles. The number of amides is 2. The van der Waals surface area contributed by atoms with Crippen LogP contribution in [0.4, 0.5) is 9.93 Å². The van der Waals surface area contributed by atoms with Crippen LogP contribution in [0.2, 0.25) is 0 Å². The van der Waals surface area contributed by atoms with E-state index in [1.54, 1.807) is 24.0 Å². The van der Waals surface area contributed by atoms with Crippen molar-refractivity contribution < 1.29 is 9.53 Å². The Labute approximate surface area is 97.8 Å². The highest BCUT2D eigenvalue weighted by Gasteiger charge is 2.34. The molecule has 0 aliphatic carbocycles. The van der Waals surface area contributed by atoms with E-state index in [9.17, 15) is 4.79 Å². The molecular weight excluding hydrogens is 228 g/mol. The molecule has 1 atom stereocenters. The van der Waals surface area contributed by atoms with E-state index in [2.05, 4.69) is 10.2 Å². The average Bonchev–Trinajstić information content (AvgIpc) is 2.68. The Hall–Kier alpha value is -1.21. The zero-order chi connectivity index (χ0) is 11.7. The minimum Gasteiger partial charge on any atom is -0.361 e. The molecule has 7 heteroatoms. The minimum absolute atomic E-state index is 0.0887. The van der Waals surface area contributed by atoms with Gasteiger partial charge in [0.25, 0.3) is 0 Å². The van der Waals surface area contributed by atoms with E-state index < -0.39 is 0 Å². The van der Waals surface area contributed by atoms with Gasteiger partial charge in [-0.15, -0.1) is 10.2 Å². The summed E-state index contributed by atoms with van der Waals surface area (Å²) in [5.41, 5.74) is 0. The Morgan fingerprint density at radius 1 is 1.50 bits per heavy atom. The lowest BCUT2D eigenvalue weighted by molar-refractivity contribution is 0.0700. The molecule has 1 fully saturated rings. The van der Waals surface area contributed by atoms with Crippen LogP contribution in [0.3, 0.4) is 0 Å². The fourth-order valence-corrected chi connectivity index (χ4v) is 2.37. The highest BCUT2D eigenvalue weighted by atomic mass is 32.1. The molecule has 88 valence electrons. The number of aromatic nitrogens is 2. The summed E-state index contributed by atoms with van der Waals surface area (Å²) in [6.07, 6.45) is 0.535. The maximum atomic E-state index is 12.0. The summed E-state index contributed by atoms with van der Waals surface area (Å²) in [6.45, 7) is 2.56. The first-order valence-electron chi connectivity index (χ1n) is 5.00. The van der Waals surface area contributed by atoms with Gasteiger partial charge in [0.2, 0.25) is 5.13 Å². The number of hydrogen-bond acceptors (Lipinski definition) is 5. The van der Waals surface area contributed by atoms with Crippen molar-refractivity contribution in [2.45, 2.75) is 19.6 Å². The first-order chi connectivity index (χ1) is 7.63. The third-order valence-corrected chi connectivity index (χ3v) is 3.36. The van der Waals surface area contributed by atoms with Gasteiger partial charge in [0.1, 0.15) is 11.2 Å². The van der Waals surface area contributed by atoms with Gasteiger partial charge < -0.3 is 9.64 Å². The summed E-state index contributed by atoms with van der Waals surface area (Å²) < 4.78 is 5.30. The van der Waals surface area contributed by atoms with Gasteiger partial charge in [-0.25, -0.2) is 9.69 Å². The summed E-state index contributed by atoms with van der Waals surface area (Å²) >= 11 is 1.40. The Morgan fingerprint density at radius 2 is 2.25 bits per heavy atom. The zero-order valence-electron chi connectivity index (χ0n) is 9.51. The van der Waals surface area contributed by atoms with Gasteiger partial charge in [0.05, 0.1) is 0 Å². The van der Waals surface area contributed by atoms with E-state index in [0.717, 1.165) is 11.4 Å². The molecule has 2 heterocycles. The maximum absolute atomic E-state index is 12.0. The van der Waals surface area contributed by atoms with Crippen molar-refractivity contribution in [3.63, 3.8) is 0 Å². The van der Waals surface area contributed by atoms with Crippen molar-refractivity contribution in [1.29, 1.82) is 0 Å². The molecule has 1 aromatic heterocycles. The van der Waals surface area contributed by atoms with Crippen LogP contribution in [0.1, 0.15) is 11.4 Å². The van der Waals surface area contributed by atoms with Crippen LogP contribution in [-0.2, 0) is 4.74 Å². The number of methoxy groups -OCH3 is 1. The molecule has 16 heavy (non-hydrogen) atoms. The number of ether oxygens (including phenoxy) is 1. The SMILES string of the molecule is COC1CCN(C)C(=O)N1c1nnc(C)s1. The summed E-state index contributed by atoms with van der Waals surface area (Å²) in [5, 5.41) is 9.35. The van der Waals surface area contributed by atoms with Gasteiger partial charge >= 0.3 is 6.03 Å². The fourth-order valence-electron chi connectivity index (χ4n) is 1.65. The van der Waals surface area contributed by atoms with Crippen LogP contribution in [0, 0.1) is 6.92 Å². The normalized spacial score (nSPS) is 21.7. The molecule has 1 aliphatic heterocycles. The highest BCUT2D eigenvalue weighted by Crippen LogP contribution is 2.27. The van der Waals surface area contributed by atoms with Gasteiger partial charge in [0, 0.05) is 27.1 Å².